The van der Waals surface area contributed by atoms with Gasteiger partial charge in [0.2, 0.25) is 0 Å². The smallest absolute Gasteiger partial charge is 0.173 e. The third-order valence-electron chi connectivity index (χ3n) is 4.69. The molecule has 0 amide bonds. The maximum absolute atomic E-state index is 9.44. The fourth-order valence-corrected chi connectivity index (χ4v) is 4.19. The van der Waals surface area contributed by atoms with Crippen LogP contribution in [0.1, 0.15) is 43.0 Å². The minimum Gasteiger partial charge on any atom is -0.490 e. The Morgan fingerprint density at radius 2 is 2.11 bits per heavy atom. The fraction of sp³-hybridized carbons (Fsp3) is 0.286. The zero-order valence-corrected chi connectivity index (χ0v) is 17.3. The molecule has 1 aromatic heterocycles. The molecule has 2 N–H and O–H groups in total. The summed E-state index contributed by atoms with van der Waals surface area (Å²) in [4.78, 5) is 4.74. The first kappa shape index (κ1) is 20.3. The minimum absolute atomic E-state index is 0. The number of halogens is 1. The Hall–Kier alpha value is -2.46. The molecule has 0 aliphatic heterocycles. The van der Waals surface area contributed by atoms with Crippen molar-refractivity contribution in [1.29, 1.82) is 5.26 Å². The van der Waals surface area contributed by atoms with Crippen molar-refractivity contribution in [3.63, 3.8) is 0 Å². The van der Waals surface area contributed by atoms with Crippen LogP contribution in [0, 0.1) is 11.3 Å². The first-order chi connectivity index (χ1) is 13.1. The number of nitriles is 1. The van der Waals surface area contributed by atoms with Gasteiger partial charge < -0.3 is 10.5 Å². The molecular weight excluding hydrogens is 392 g/mol. The lowest BCUT2D eigenvalue weighted by atomic mass is 10.0. The summed E-state index contributed by atoms with van der Waals surface area (Å²) < 4.78 is 10.2. The van der Waals surface area contributed by atoms with E-state index >= 15 is 0 Å². The van der Waals surface area contributed by atoms with Crippen LogP contribution in [0.15, 0.2) is 36.4 Å². The quantitative estimate of drug-likeness (QED) is 0.658. The van der Waals surface area contributed by atoms with E-state index < -0.39 is 0 Å². The second kappa shape index (κ2) is 8.27. The average Bonchev–Trinajstić information content (AvgIpc) is 3.29. The molecule has 0 saturated carbocycles. The lowest BCUT2D eigenvalue weighted by molar-refractivity contribution is 0.242. The van der Waals surface area contributed by atoms with Gasteiger partial charge in [-0.15, -0.1) is 12.4 Å². The van der Waals surface area contributed by atoms with Gasteiger partial charge in [0.1, 0.15) is 16.8 Å². The van der Waals surface area contributed by atoms with Gasteiger partial charge >= 0.3 is 0 Å². The van der Waals surface area contributed by atoms with E-state index in [1.54, 1.807) is 6.07 Å². The number of hydrogen-bond acceptors (Lipinski definition) is 6. The van der Waals surface area contributed by atoms with Crippen LogP contribution in [0.25, 0.3) is 22.0 Å². The second-order valence-electron chi connectivity index (χ2n) is 6.93. The molecule has 4 rings (SSSR count). The molecule has 144 valence electrons. The maximum atomic E-state index is 9.44. The average molecular weight is 413 g/mol. The van der Waals surface area contributed by atoms with Crippen molar-refractivity contribution in [1.82, 2.24) is 9.36 Å². The predicted molar refractivity (Wildman–Crippen MR) is 114 cm³/mol. The number of ether oxygens (including phenoxy) is 1. The van der Waals surface area contributed by atoms with Crippen molar-refractivity contribution >= 4 is 23.9 Å². The van der Waals surface area contributed by atoms with Gasteiger partial charge in [-0.05, 0) is 67.5 Å². The van der Waals surface area contributed by atoms with Crippen LogP contribution in [-0.4, -0.2) is 15.5 Å². The normalized spacial score (nSPS) is 15.0. The third-order valence-corrected chi connectivity index (χ3v) is 5.44. The van der Waals surface area contributed by atoms with Crippen LogP contribution in [-0.2, 0) is 6.42 Å². The van der Waals surface area contributed by atoms with E-state index in [0.717, 1.165) is 29.0 Å². The Balaban J connectivity index is 0.00000225. The number of nitrogens with two attached hydrogens (primary N) is 1. The number of aromatic nitrogens is 2. The topological polar surface area (TPSA) is 84.8 Å². The lowest BCUT2D eigenvalue weighted by Gasteiger charge is -2.11. The van der Waals surface area contributed by atoms with Gasteiger partial charge in [-0.2, -0.15) is 9.64 Å². The summed E-state index contributed by atoms with van der Waals surface area (Å²) in [5.74, 6) is 1.21. The van der Waals surface area contributed by atoms with E-state index in [0.29, 0.717) is 17.1 Å². The Labute approximate surface area is 174 Å². The predicted octanol–water partition coefficient (Wildman–Crippen LogP) is 4.90. The number of benzene rings is 2. The molecule has 0 spiro atoms. The van der Waals surface area contributed by atoms with E-state index in [-0.39, 0.29) is 24.6 Å². The first-order valence-corrected chi connectivity index (χ1v) is 9.76. The van der Waals surface area contributed by atoms with Crippen molar-refractivity contribution in [2.24, 2.45) is 5.73 Å². The molecule has 0 bridgehead atoms. The van der Waals surface area contributed by atoms with Gasteiger partial charge in [-0.25, -0.2) is 4.98 Å². The molecule has 2 aromatic carbocycles. The van der Waals surface area contributed by atoms with Gasteiger partial charge in [0, 0.05) is 17.2 Å². The highest BCUT2D eigenvalue weighted by molar-refractivity contribution is 7.09. The van der Waals surface area contributed by atoms with E-state index in [1.807, 2.05) is 32.0 Å². The fourth-order valence-electron chi connectivity index (χ4n) is 3.45. The van der Waals surface area contributed by atoms with Crippen LogP contribution in [0.5, 0.6) is 5.75 Å². The molecule has 1 aliphatic rings. The molecule has 1 heterocycles. The summed E-state index contributed by atoms with van der Waals surface area (Å²) in [6.45, 7) is 3.88. The SMILES string of the molecule is CC(C)Oc1ccc(-c2nsc(-c3cccc4c3CCC4N)n2)cc1C#N.Cl. The Morgan fingerprint density at radius 3 is 2.86 bits per heavy atom. The summed E-state index contributed by atoms with van der Waals surface area (Å²) in [5, 5.41) is 10.3. The van der Waals surface area contributed by atoms with Gasteiger partial charge in [-0.3, -0.25) is 0 Å². The standard InChI is InChI=1S/C21H20N4OS.ClH/c1-12(2)26-19-9-6-13(10-14(19)11-22)20-24-21(27-25-20)17-5-3-4-16-15(17)7-8-18(16)23;/h3-6,9-10,12,18H,7-8,23H2,1-2H3;1H. The molecular formula is C21H21ClN4OS. The van der Waals surface area contributed by atoms with Gasteiger partial charge in [0.25, 0.3) is 0 Å². The van der Waals surface area contributed by atoms with Crippen molar-refractivity contribution in [3.05, 3.63) is 53.1 Å². The number of rotatable bonds is 4. The Bertz CT molecular complexity index is 1040. The Kier molecular flexibility index (Phi) is 5.99. The van der Waals surface area contributed by atoms with Gasteiger partial charge in [0.05, 0.1) is 11.7 Å². The molecule has 28 heavy (non-hydrogen) atoms. The number of fused-ring (bicyclic) bond motifs is 1. The molecule has 5 nitrogen and oxygen atoms in total. The molecule has 0 fully saturated rings. The number of hydrogen-bond donors (Lipinski definition) is 1. The highest BCUT2D eigenvalue weighted by atomic mass is 35.5. The summed E-state index contributed by atoms with van der Waals surface area (Å²) in [7, 11) is 0. The van der Waals surface area contributed by atoms with Crippen LogP contribution >= 0.6 is 23.9 Å². The molecule has 3 aromatic rings. The van der Waals surface area contributed by atoms with Crippen molar-refractivity contribution in [2.75, 3.05) is 0 Å². The highest BCUT2D eigenvalue weighted by Gasteiger charge is 2.23. The molecule has 1 aliphatic carbocycles. The monoisotopic (exact) mass is 412 g/mol. The second-order valence-corrected chi connectivity index (χ2v) is 7.68. The van der Waals surface area contributed by atoms with Crippen LogP contribution in [0.2, 0.25) is 0 Å². The highest BCUT2D eigenvalue weighted by Crippen LogP contribution is 2.38. The number of nitrogens with zero attached hydrogens (tertiary/aromatic N) is 3. The van der Waals surface area contributed by atoms with Crippen molar-refractivity contribution in [2.45, 2.75) is 38.8 Å². The minimum atomic E-state index is 0. The summed E-state index contributed by atoms with van der Waals surface area (Å²) >= 11 is 1.38. The van der Waals surface area contributed by atoms with Gasteiger partial charge in [0.15, 0.2) is 5.82 Å². The maximum Gasteiger partial charge on any atom is 0.173 e. The first-order valence-electron chi connectivity index (χ1n) is 8.99. The van der Waals surface area contributed by atoms with Crippen molar-refractivity contribution in [3.8, 4) is 33.8 Å². The molecule has 7 heteroatoms. The van der Waals surface area contributed by atoms with Crippen LogP contribution in [0.3, 0.4) is 0 Å². The molecule has 0 radical (unpaired) electrons. The van der Waals surface area contributed by atoms with Crippen molar-refractivity contribution < 1.29 is 4.74 Å². The summed E-state index contributed by atoms with van der Waals surface area (Å²) in [6, 6.07) is 14.0. The van der Waals surface area contributed by atoms with E-state index in [4.69, 9.17) is 15.5 Å². The Morgan fingerprint density at radius 1 is 1.29 bits per heavy atom. The zero-order valence-electron chi connectivity index (χ0n) is 15.7. The van der Waals surface area contributed by atoms with Crippen LogP contribution < -0.4 is 10.5 Å². The largest absolute Gasteiger partial charge is 0.490 e. The summed E-state index contributed by atoms with van der Waals surface area (Å²) in [5.41, 5.74) is 11.1. The summed E-state index contributed by atoms with van der Waals surface area (Å²) in [6.07, 6.45) is 1.96. The molecule has 1 unspecified atom stereocenters. The van der Waals surface area contributed by atoms with E-state index in [1.165, 1.54) is 22.7 Å². The van der Waals surface area contributed by atoms with Crippen LogP contribution in [0.4, 0.5) is 0 Å². The zero-order chi connectivity index (χ0) is 19.0. The lowest BCUT2D eigenvalue weighted by Crippen LogP contribution is -2.06. The van der Waals surface area contributed by atoms with E-state index in [9.17, 15) is 5.26 Å². The van der Waals surface area contributed by atoms with E-state index in [2.05, 4.69) is 22.6 Å². The molecule has 1 atom stereocenters. The van der Waals surface area contributed by atoms with Gasteiger partial charge in [-0.1, -0.05) is 18.2 Å². The third kappa shape index (κ3) is 3.74. The molecule has 0 saturated heterocycles.